The summed E-state index contributed by atoms with van der Waals surface area (Å²) in [5.74, 6) is -0.183. The van der Waals surface area contributed by atoms with Gasteiger partial charge in [-0.1, -0.05) is 0 Å². The Balaban J connectivity index is 1.96. The van der Waals surface area contributed by atoms with Gasteiger partial charge in [0.2, 0.25) is 5.91 Å². The molecule has 2 heterocycles. The van der Waals surface area contributed by atoms with Crippen molar-refractivity contribution in [3.63, 3.8) is 0 Å². The monoisotopic (exact) mass is 290 g/mol. The predicted molar refractivity (Wildman–Crippen MR) is 78.0 cm³/mol. The first-order chi connectivity index (χ1) is 10.1. The van der Waals surface area contributed by atoms with Crippen molar-refractivity contribution in [2.24, 2.45) is 0 Å². The van der Waals surface area contributed by atoms with Crippen molar-refractivity contribution in [1.82, 2.24) is 14.7 Å². The summed E-state index contributed by atoms with van der Waals surface area (Å²) in [6.07, 6.45) is 5.15. The van der Waals surface area contributed by atoms with Crippen LogP contribution in [0.3, 0.4) is 0 Å². The van der Waals surface area contributed by atoms with Crippen LogP contribution in [0.15, 0.2) is 11.8 Å². The first-order valence-corrected chi connectivity index (χ1v) is 7.52. The molecule has 2 saturated heterocycles. The van der Waals surface area contributed by atoms with Crippen molar-refractivity contribution in [2.45, 2.75) is 26.2 Å². The van der Waals surface area contributed by atoms with Crippen LogP contribution in [0.25, 0.3) is 0 Å². The lowest BCUT2D eigenvalue weighted by molar-refractivity contribution is -0.136. The molecule has 0 spiro atoms. The van der Waals surface area contributed by atoms with E-state index in [1.807, 2.05) is 6.07 Å². The molecule has 0 aliphatic carbocycles. The zero-order valence-electron chi connectivity index (χ0n) is 12.5. The van der Waals surface area contributed by atoms with Gasteiger partial charge in [0.1, 0.15) is 11.6 Å². The van der Waals surface area contributed by atoms with E-state index in [-0.39, 0.29) is 17.4 Å². The van der Waals surface area contributed by atoms with Gasteiger partial charge < -0.3 is 14.7 Å². The number of rotatable bonds is 2. The minimum absolute atomic E-state index is 0.0338. The zero-order chi connectivity index (χ0) is 15.2. The maximum atomic E-state index is 12.4. The van der Waals surface area contributed by atoms with Gasteiger partial charge in [-0.3, -0.25) is 9.59 Å². The molecule has 0 atom stereocenters. The molecule has 21 heavy (non-hydrogen) atoms. The lowest BCUT2D eigenvalue weighted by atomic mass is 10.1. The molecule has 2 fully saturated rings. The Morgan fingerprint density at radius 2 is 1.52 bits per heavy atom. The summed E-state index contributed by atoms with van der Waals surface area (Å²) in [5.41, 5.74) is 0.202. The minimum Gasteiger partial charge on any atom is -0.376 e. The smallest absolute Gasteiger partial charge is 0.266 e. The number of hydrogen-bond donors (Lipinski definition) is 0. The van der Waals surface area contributed by atoms with E-state index in [1.165, 1.54) is 13.3 Å². The van der Waals surface area contributed by atoms with Crippen molar-refractivity contribution in [3.05, 3.63) is 11.8 Å². The van der Waals surface area contributed by atoms with Crippen molar-refractivity contribution in [1.29, 1.82) is 5.26 Å². The van der Waals surface area contributed by atoms with Gasteiger partial charge in [0.15, 0.2) is 0 Å². The fraction of sp³-hybridized carbons (Fsp3) is 0.667. The van der Waals surface area contributed by atoms with Crippen LogP contribution in [0.1, 0.15) is 26.2 Å². The van der Waals surface area contributed by atoms with Crippen molar-refractivity contribution >= 4 is 11.8 Å². The lowest BCUT2D eigenvalue weighted by Crippen LogP contribution is -2.50. The van der Waals surface area contributed by atoms with E-state index in [1.54, 1.807) is 16.0 Å². The van der Waals surface area contributed by atoms with E-state index in [9.17, 15) is 14.9 Å². The summed E-state index contributed by atoms with van der Waals surface area (Å²) in [4.78, 5) is 29.1. The van der Waals surface area contributed by atoms with Gasteiger partial charge in [-0.25, -0.2) is 0 Å². The topological polar surface area (TPSA) is 67.6 Å². The number of carbonyl (C=O) groups is 2. The Morgan fingerprint density at radius 3 is 2.05 bits per heavy atom. The van der Waals surface area contributed by atoms with Gasteiger partial charge in [0, 0.05) is 52.4 Å². The third-order valence-corrected chi connectivity index (χ3v) is 4.07. The van der Waals surface area contributed by atoms with E-state index < -0.39 is 0 Å². The van der Waals surface area contributed by atoms with Crippen LogP contribution >= 0.6 is 0 Å². The minimum atomic E-state index is -0.216. The standard InChI is InChI=1S/C15H22N4O2/c1-13(20)18-7-9-19(10-8-18)15(21)14(11-16)12-17-5-3-2-4-6-17/h12H,2-10H2,1H3/b14-12-. The number of piperidine rings is 1. The zero-order valence-corrected chi connectivity index (χ0v) is 12.5. The van der Waals surface area contributed by atoms with E-state index in [0.29, 0.717) is 26.2 Å². The quantitative estimate of drug-likeness (QED) is 0.551. The maximum absolute atomic E-state index is 12.4. The molecule has 2 amide bonds. The van der Waals surface area contributed by atoms with Gasteiger partial charge in [-0.05, 0) is 19.3 Å². The highest BCUT2D eigenvalue weighted by Gasteiger charge is 2.25. The molecule has 114 valence electrons. The molecule has 2 rings (SSSR count). The highest BCUT2D eigenvalue weighted by atomic mass is 16.2. The lowest BCUT2D eigenvalue weighted by Gasteiger charge is -2.34. The Labute approximate surface area is 125 Å². The van der Waals surface area contributed by atoms with Crippen LogP contribution in [-0.4, -0.2) is 65.8 Å². The van der Waals surface area contributed by atoms with Gasteiger partial charge in [-0.2, -0.15) is 5.26 Å². The summed E-state index contributed by atoms with van der Waals surface area (Å²) in [7, 11) is 0. The Morgan fingerprint density at radius 1 is 0.952 bits per heavy atom. The summed E-state index contributed by atoms with van der Waals surface area (Å²) >= 11 is 0. The normalized spacial score (nSPS) is 20.2. The largest absolute Gasteiger partial charge is 0.376 e. The Hall–Kier alpha value is -2.03. The second-order valence-corrected chi connectivity index (χ2v) is 5.55. The number of piperazine rings is 1. The molecular formula is C15H22N4O2. The number of carbonyl (C=O) groups excluding carboxylic acids is 2. The molecule has 0 saturated carbocycles. The van der Waals surface area contributed by atoms with E-state index in [2.05, 4.69) is 4.90 Å². The molecule has 0 radical (unpaired) electrons. The van der Waals surface area contributed by atoms with Gasteiger partial charge >= 0.3 is 0 Å². The number of nitrogens with zero attached hydrogens (tertiary/aromatic N) is 4. The van der Waals surface area contributed by atoms with Crippen LogP contribution in [0, 0.1) is 11.3 Å². The molecular weight excluding hydrogens is 268 g/mol. The Kier molecular flexibility index (Phi) is 5.20. The predicted octanol–water partition coefficient (Wildman–Crippen LogP) is 0.570. The second-order valence-electron chi connectivity index (χ2n) is 5.55. The van der Waals surface area contributed by atoms with E-state index in [0.717, 1.165) is 25.9 Å². The molecule has 2 aliphatic rings. The molecule has 0 bridgehead atoms. The molecule has 6 heteroatoms. The van der Waals surface area contributed by atoms with Crippen LogP contribution in [0.2, 0.25) is 0 Å². The van der Waals surface area contributed by atoms with Crippen molar-refractivity contribution < 1.29 is 9.59 Å². The van der Waals surface area contributed by atoms with E-state index >= 15 is 0 Å². The average molecular weight is 290 g/mol. The third kappa shape index (κ3) is 3.97. The van der Waals surface area contributed by atoms with Gasteiger partial charge in [0.25, 0.3) is 5.91 Å². The van der Waals surface area contributed by atoms with Gasteiger partial charge in [-0.15, -0.1) is 0 Å². The number of likely N-dealkylation sites (tertiary alicyclic amines) is 1. The third-order valence-electron chi connectivity index (χ3n) is 4.07. The molecule has 0 aromatic rings. The molecule has 0 aromatic heterocycles. The van der Waals surface area contributed by atoms with E-state index in [4.69, 9.17) is 0 Å². The fourth-order valence-electron chi connectivity index (χ4n) is 2.76. The fourth-order valence-corrected chi connectivity index (χ4v) is 2.76. The SMILES string of the molecule is CC(=O)N1CCN(C(=O)/C(C#N)=C\N2CCCCC2)CC1. The highest BCUT2D eigenvalue weighted by molar-refractivity contribution is 5.97. The van der Waals surface area contributed by atoms with Crippen LogP contribution in [-0.2, 0) is 9.59 Å². The van der Waals surface area contributed by atoms with Crippen LogP contribution < -0.4 is 0 Å². The van der Waals surface area contributed by atoms with Crippen molar-refractivity contribution in [2.75, 3.05) is 39.3 Å². The summed E-state index contributed by atoms with van der Waals surface area (Å²) in [5, 5.41) is 9.24. The Bertz CT molecular complexity index is 467. The number of nitriles is 1. The van der Waals surface area contributed by atoms with Crippen molar-refractivity contribution in [3.8, 4) is 6.07 Å². The maximum Gasteiger partial charge on any atom is 0.266 e. The summed E-state index contributed by atoms with van der Waals surface area (Å²) < 4.78 is 0. The van der Waals surface area contributed by atoms with Crippen LogP contribution in [0.5, 0.6) is 0 Å². The average Bonchev–Trinajstić information content (AvgIpc) is 2.53. The summed E-state index contributed by atoms with van der Waals surface area (Å²) in [6.45, 7) is 5.45. The first-order valence-electron chi connectivity index (χ1n) is 7.52. The van der Waals surface area contributed by atoms with Gasteiger partial charge in [0.05, 0.1) is 0 Å². The number of amides is 2. The highest BCUT2D eigenvalue weighted by Crippen LogP contribution is 2.12. The second kappa shape index (κ2) is 7.11. The molecule has 0 unspecified atom stereocenters. The first kappa shape index (κ1) is 15.4. The summed E-state index contributed by atoms with van der Waals surface area (Å²) in [6, 6.07) is 2.03. The van der Waals surface area contributed by atoms with Crippen LogP contribution in [0.4, 0.5) is 0 Å². The molecule has 0 N–H and O–H groups in total. The molecule has 2 aliphatic heterocycles. The number of hydrogen-bond acceptors (Lipinski definition) is 4. The molecule has 0 aromatic carbocycles. The molecule has 6 nitrogen and oxygen atoms in total.